The first-order chi connectivity index (χ1) is 11.0. The molecule has 138 valence electrons. The molecular formula is C19H34O4Si. The van der Waals surface area contributed by atoms with Crippen LogP contribution < -0.4 is 0 Å². The third-order valence-electron chi connectivity index (χ3n) is 6.59. The first-order valence-electron chi connectivity index (χ1n) is 9.28. The summed E-state index contributed by atoms with van der Waals surface area (Å²) in [6, 6.07) is 0. The van der Waals surface area contributed by atoms with Gasteiger partial charge in [0.15, 0.2) is 8.32 Å². The van der Waals surface area contributed by atoms with Crippen LogP contribution in [-0.2, 0) is 18.8 Å². The van der Waals surface area contributed by atoms with Gasteiger partial charge in [-0.15, -0.1) is 0 Å². The molecule has 0 N–H and O–H groups in total. The van der Waals surface area contributed by atoms with E-state index < -0.39 is 8.32 Å². The van der Waals surface area contributed by atoms with Crippen molar-refractivity contribution in [2.24, 2.45) is 23.7 Å². The topological polar surface area (TPSA) is 52.6 Å². The summed E-state index contributed by atoms with van der Waals surface area (Å²) in [6.45, 7) is 13.2. The highest BCUT2D eigenvalue weighted by atomic mass is 28.4. The highest BCUT2D eigenvalue weighted by Gasteiger charge is 2.53. The van der Waals surface area contributed by atoms with Gasteiger partial charge in [0.05, 0.1) is 13.0 Å². The van der Waals surface area contributed by atoms with Crippen molar-refractivity contribution in [2.75, 3.05) is 7.11 Å². The number of hydrogen-bond acceptors (Lipinski definition) is 4. The Hall–Kier alpha value is -0.683. The van der Waals surface area contributed by atoms with E-state index >= 15 is 0 Å². The Morgan fingerprint density at radius 1 is 1.21 bits per heavy atom. The third kappa shape index (κ3) is 3.62. The van der Waals surface area contributed by atoms with Crippen molar-refractivity contribution in [3.05, 3.63) is 0 Å². The lowest BCUT2D eigenvalue weighted by Crippen LogP contribution is -2.55. The molecule has 4 nitrogen and oxygen atoms in total. The summed E-state index contributed by atoms with van der Waals surface area (Å²) in [5.41, 5.74) is 0. The maximum atomic E-state index is 12.6. The smallest absolute Gasteiger partial charge is 0.309 e. The van der Waals surface area contributed by atoms with Crippen LogP contribution in [0.15, 0.2) is 0 Å². The van der Waals surface area contributed by atoms with Crippen LogP contribution >= 0.6 is 0 Å². The van der Waals surface area contributed by atoms with Crippen molar-refractivity contribution < 1.29 is 18.8 Å². The molecule has 0 heterocycles. The van der Waals surface area contributed by atoms with E-state index in [2.05, 4.69) is 33.9 Å². The van der Waals surface area contributed by atoms with Gasteiger partial charge >= 0.3 is 5.97 Å². The van der Waals surface area contributed by atoms with E-state index in [0.717, 1.165) is 19.3 Å². The second kappa shape index (κ2) is 6.91. The van der Waals surface area contributed by atoms with Crippen LogP contribution in [0.1, 0.15) is 53.4 Å². The van der Waals surface area contributed by atoms with Gasteiger partial charge < -0.3 is 9.16 Å². The van der Waals surface area contributed by atoms with Gasteiger partial charge in [0.25, 0.3) is 0 Å². The summed E-state index contributed by atoms with van der Waals surface area (Å²) in [7, 11) is -0.499. The molecule has 24 heavy (non-hydrogen) atoms. The Balaban J connectivity index is 2.34. The molecule has 5 atom stereocenters. The number of ether oxygens (including phenoxy) is 1. The van der Waals surface area contributed by atoms with Gasteiger partial charge in [-0.3, -0.25) is 9.59 Å². The normalized spacial score (nSPS) is 34.6. The number of carbonyl (C=O) groups excluding carboxylic acids is 2. The van der Waals surface area contributed by atoms with Crippen LogP contribution in [0.3, 0.4) is 0 Å². The summed E-state index contributed by atoms with van der Waals surface area (Å²) >= 11 is 0. The van der Waals surface area contributed by atoms with Crippen molar-refractivity contribution in [3.63, 3.8) is 0 Å². The minimum Gasteiger partial charge on any atom is -0.469 e. The Kier molecular flexibility index (Phi) is 5.65. The van der Waals surface area contributed by atoms with Gasteiger partial charge in [0.1, 0.15) is 5.78 Å². The van der Waals surface area contributed by atoms with Crippen LogP contribution in [0, 0.1) is 23.7 Å². The number of hydrogen-bond donors (Lipinski definition) is 0. The number of Topliss-reactive ketones (excluding diaryl/α,β-unsaturated/α-hetero) is 1. The monoisotopic (exact) mass is 354 g/mol. The molecule has 0 aromatic heterocycles. The molecule has 2 fully saturated rings. The first kappa shape index (κ1) is 19.6. The van der Waals surface area contributed by atoms with E-state index in [1.165, 1.54) is 7.11 Å². The molecule has 0 aromatic carbocycles. The first-order valence-corrected chi connectivity index (χ1v) is 12.2. The predicted molar refractivity (Wildman–Crippen MR) is 97.2 cm³/mol. The molecule has 0 aliphatic heterocycles. The zero-order valence-electron chi connectivity index (χ0n) is 16.3. The molecule has 2 saturated carbocycles. The van der Waals surface area contributed by atoms with Crippen LogP contribution in [0.2, 0.25) is 18.1 Å². The second-order valence-electron chi connectivity index (χ2n) is 9.23. The van der Waals surface area contributed by atoms with Crippen LogP contribution in [0.25, 0.3) is 0 Å². The zero-order chi connectivity index (χ0) is 18.3. The SMILES string of the molecule is COC(=O)[C@H]1[C@H]2[C@H](O[Si](C)(C)C(C)(C)C)CCC[C@H]2C(=O)C[C@@H]1C. The molecule has 0 unspecified atom stereocenters. The van der Waals surface area contributed by atoms with Crippen LogP contribution in [0.4, 0.5) is 0 Å². The molecule has 5 heteroatoms. The van der Waals surface area contributed by atoms with E-state index in [0.29, 0.717) is 12.2 Å². The van der Waals surface area contributed by atoms with E-state index in [9.17, 15) is 9.59 Å². The van der Waals surface area contributed by atoms with Gasteiger partial charge in [-0.05, 0) is 36.9 Å². The minimum absolute atomic E-state index is 0.000409. The zero-order valence-corrected chi connectivity index (χ0v) is 17.3. The largest absolute Gasteiger partial charge is 0.469 e. The molecule has 0 saturated heterocycles. The molecule has 0 aromatic rings. The number of carbonyl (C=O) groups is 2. The van der Waals surface area contributed by atoms with Gasteiger partial charge in [0, 0.05) is 24.4 Å². The number of fused-ring (bicyclic) bond motifs is 1. The van der Waals surface area contributed by atoms with E-state index in [-0.39, 0.29) is 40.8 Å². The van der Waals surface area contributed by atoms with Crippen molar-refractivity contribution in [3.8, 4) is 0 Å². The fourth-order valence-corrected chi connectivity index (χ4v) is 5.62. The Bertz CT molecular complexity index is 494. The summed E-state index contributed by atoms with van der Waals surface area (Å²) in [5.74, 6) is -0.0834. The number of methoxy groups -OCH3 is 1. The van der Waals surface area contributed by atoms with Crippen LogP contribution in [-0.4, -0.2) is 33.3 Å². The van der Waals surface area contributed by atoms with E-state index in [1.807, 2.05) is 6.92 Å². The Labute approximate surface area is 147 Å². The Morgan fingerprint density at radius 3 is 2.38 bits per heavy atom. The number of ketones is 1. The minimum atomic E-state index is -1.95. The van der Waals surface area contributed by atoms with Crippen LogP contribution in [0.5, 0.6) is 0 Å². The summed E-state index contributed by atoms with van der Waals surface area (Å²) < 4.78 is 11.8. The average molecular weight is 355 g/mol. The molecule has 2 rings (SSSR count). The summed E-state index contributed by atoms with van der Waals surface area (Å²) in [6.07, 6.45) is 3.34. The molecule has 0 amide bonds. The third-order valence-corrected chi connectivity index (χ3v) is 11.1. The summed E-state index contributed by atoms with van der Waals surface area (Å²) in [4.78, 5) is 25.1. The maximum absolute atomic E-state index is 12.6. The van der Waals surface area contributed by atoms with Crippen molar-refractivity contribution in [1.29, 1.82) is 0 Å². The predicted octanol–water partition coefficient (Wildman–Crippen LogP) is 4.19. The van der Waals surface area contributed by atoms with Crippen molar-refractivity contribution in [1.82, 2.24) is 0 Å². The van der Waals surface area contributed by atoms with Gasteiger partial charge in [-0.25, -0.2) is 0 Å². The lowest BCUT2D eigenvalue weighted by atomic mass is 9.60. The lowest BCUT2D eigenvalue weighted by molar-refractivity contribution is -0.161. The highest BCUT2D eigenvalue weighted by Crippen LogP contribution is 2.48. The van der Waals surface area contributed by atoms with E-state index in [1.54, 1.807) is 0 Å². The maximum Gasteiger partial charge on any atom is 0.309 e. The molecule has 0 bridgehead atoms. The van der Waals surface area contributed by atoms with Gasteiger partial charge in [-0.1, -0.05) is 34.1 Å². The lowest BCUT2D eigenvalue weighted by Gasteiger charge is -2.49. The van der Waals surface area contributed by atoms with Gasteiger partial charge in [0.2, 0.25) is 0 Å². The van der Waals surface area contributed by atoms with Crippen molar-refractivity contribution >= 4 is 20.1 Å². The number of rotatable bonds is 3. The quantitative estimate of drug-likeness (QED) is 0.563. The fourth-order valence-electron chi connectivity index (χ4n) is 4.23. The second-order valence-corrected chi connectivity index (χ2v) is 14.0. The number of esters is 1. The molecular weight excluding hydrogens is 320 g/mol. The molecule has 2 aliphatic carbocycles. The fraction of sp³-hybridized carbons (Fsp3) is 0.895. The molecule has 2 aliphatic rings. The average Bonchev–Trinajstić information content (AvgIpc) is 2.46. The summed E-state index contributed by atoms with van der Waals surface area (Å²) in [5, 5.41) is 0.116. The van der Waals surface area contributed by atoms with Gasteiger partial charge in [-0.2, -0.15) is 0 Å². The standard InChI is InChI=1S/C19H34O4Si/c1-12-11-14(20)13-9-8-10-15(17(13)16(12)18(21)22-5)23-24(6,7)19(2,3)4/h12-13,15-17H,8-11H2,1-7H3/t12-,13-,15+,16+,17+/m0/s1. The highest BCUT2D eigenvalue weighted by molar-refractivity contribution is 6.74. The van der Waals surface area contributed by atoms with Crippen molar-refractivity contribution in [2.45, 2.75) is 77.6 Å². The Morgan fingerprint density at radius 2 is 1.83 bits per heavy atom. The molecule has 0 spiro atoms. The van der Waals surface area contributed by atoms with E-state index in [4.69, 9.17) is 9.16 Å². The molecule has 0 radical (unpaired) electrons.